The Morgan fingerprint density at radius 3 is 2.40 bits per heavy atom. The summed E-state index contributed by atoms with van der Waals surface area (Å²) in [6, 6.07) is 8.11. The number of benzene rings is 1. The zero-order valence-corrected chi connectivity index (χ0v) is 18.5. The highest BCUT2D eigenvalue weighted by molar-refractivity contribution is 5.99. The Balaban J connectivity index is 1.54. The maximum atomic E-state index is 13.0. The number of furan rings is 2. The lowest BCUT2D eigenvalue weighted by Crippen LogP contribution is -2.48. The van der Waals surface area contributed by atoms with Crippen LogP contribution in [0.3, 0.4) is 0 Å². The maximum Gasteiger partial charge on any atom is 0.287 e. The molecule has 0 unspecified atom stereocenters. The van der Waals surface area contributed by atoms with Gasteiger partial charge < -0.3 is 19.1 Å². The van der Waals surface area contributed by atoms with Crippen LogP contribution in [0.4, 0.5) is 0 Å². The Morgan fingerprint density at radius 1 is 1.03 bits per heavy atom. The van der Waals surface area contributed by atoms with Crippen molar-refractivity contribution in [3.8, 4) is 0 Å². The van der Waals surface area contributed by atoms with Crippen molar-refractivity contribution < 1.29 is 13.6 Å². The predicted octanol–water partition coefficient (Wildman–Crippen LogP) is 3.98. The molecule has 1 fully saturated rings. The van der Waals surface area contributed by atoms with E-state index in [1.165, 1.54) is 5.56 Å². The van der Waals surface area contributed by atoms with E-state index in [2.05, 4.69) is 42.1 Å². The average Bonchev–Trinajstić information content (AvgIpc) is 3.27. The summed E-state index contributed by atoms with van der Waals surface area (Å²) < 4.78 is 11.9. The van der Waals surface area contributed by atoms with Crippen LogP contribution < -0.4 is 5.32 Å². The van der Waals surface area contributed by atoms with Gasteiger partial charge in [-0.2, -0.15) is 0 Å². The molecule has 1 N–H and O–H groups in total. The Hall–Kier alpha value is -2.57. The molecule has 1 aliphatic rings. The third kappa shape index (κ3) is 4.02. The normalized spacial score (nSPS) is 16.8. The molecule has 1 amide bonds. The van der Waals surface area contributed by atoms with Gasteiger partial charge in [0.1, 0.15) is 17.1 Å². The van der Waals surface area contributed by atoms with Gasteiger partial charge in [-0.15, -0.1) is 0 Å². The third-order valence-electron chi connectivity index (χ3n) is 6.28. The molecule has 0 radical (unpaired) electrons. The van der Waals surface area contributed by atoms with Crippen molar-refractivity contribution >= 4 is 16.9 Å². The first kappa shape index (κ1) is 20.7. The fourth-order valence-corrected chi connectivity index (χ4v) is 4.14. The van der Waals surface area contributed by atoms with E-state index in [1.54, 1.807) is 0 Å². The van der Waals surface area contributed by atoms with Crippen LogP contribution in [-0.2, 0) is 0 Å². The fraction of sp³-hybridized carbons (Fsp3) is 0.458. The second kappa shape index (κ2) is 8.28. The number of hydrogen-bond donors (Lipinski definition) is 1. The molecule has 6 nitrogen and oxygen atoms in total. The fourth-order valence-electron chi connectivity index (χ4n) is 4.14. The minimum Gasteiger partial charge on any atom is -0.465 e. The van der Waals surface area contributed by atoms with Gasteiger partial charge in [-0.05, 0) is 70.1 Å². The lowest BCUT2D eigenvalue weighted by atomic mass is 10.0. The Labute approximate surface area is 177 Å². The van der Waals surface area contributed by atoms with E-state index in [-0.39, 0.29) is 11.9 Å². The van der Waals surface area contributed by atoms with Gasteiger partial charge in [0.2, 0.25) is 0 Å². The predicted molar refractivity (Wildman–Crippen MR) is 118 cm³/mol. The number of piperazine rings is 1. The Morgan fingerprint density at radius 2 is 1.73 bits per heavy atom. The second-order valence-electron chi connectivity index (χ2n) is 8.50. The van der Waals surface area contributed by atoms with E-state index in [1.807, 2.05) is 32.0 Å². The number of hydrogen-bond acceptors (Lipinski definition) is 5. The molecule has 6 heteroatoms. The van der Waals surface area contributed by atoms with Crippen molar-refractivity contribution in [1.29, 1.82) is 0 Å². The Bertz CT molecular complexity index is 1060. The van der Waals surface area contributed by atoms with Gasteiger partial charge in [0.25, 0.3) is 5.91 Å². The van der Waals surface area contributed by atoms with Crippen molar-refractivity contribution in [1.82, 2.24) is 15.1 Å². The number of nitrogens with zero attached hydrogens (tertiary/aromatic N) is 2. The molecule has 30 heavy (non-hydrogen) atoms. The van der Waals surface area contributed by atoms with E-state index in [4.69, 9.17) is 8.83 Å². The standard InChI is InChI=1S/C24H31N3O3/c1-15-12-19-18(4)23(30-22(19)13-16(15)2)24(28)25-14-20(21-7-6-17(3)29-21)27-10-8-26(5)9-11-27/h6-7,12-13,20H,8-11,14H2,1-5H3,(H,25,28)/t20-/m0/s1. The molecule has 3 aromatic rings. The molecular weight excluding hydrogens is 378 g/mol. The summed E-state index contributed by atoms with van der Waals surface area (Å²) >= 11 is 0. The van der Waals surface area contributed by atoms with E-state index in [9.17, 15) is 4.79 Å². The van der Waals surface area contributed by atoms with Crippen LogP contribution in [0, 0.1) is 27.7 Å². The van der Waals surface area contributed by atoms with Crippen LogP contribution in [0.15, 0.2) is 33.1 Å². The number of amides is 1. The van der Waals surface area contributed by atoms with Crippen molar-refractivity contribution in [2.24, 2.45) is 0 Å². The largest absolute Gasteiger partial charge is 0.465 e. The summed E-state index contributed by atoms with van der Waals surface area (Å²) in [6.45, 7) is 12.4. The molecule has 0 spiro atoms. The number of carbonyl (C=O) groups is 1. The van der Waals surface area contributed by atoms with E-state index in [0.717, 1.165) is 59.8 Å². The molecule has 4 rings (SSSR count). The monoisotopic (exact) mass is 409 g/mol. The highest BCUT2D eigenvalue weighted by Crippen LogP contribution is 2.28. The first-order valence-corrected chi connectivity index (χ1v) is 10.6. The van der Waals surface area contributed by atoms with Crippen molar-refractivity contribution in [3.05, 3.63) is 58.2 Å². The quantitative estimate of drug-likeness (QED) is 0.691. The zero-order valence-electron chi connectivity index (χ0n) is 18.5. The first-order chi connectivity index (χ1) is 14.3. The smallest absolute Gasteiger partial charge is 0.287 e. The Kier molecular flexibility index (Phi) is 5.71. The van der Waals surface area contributed by atoms with Crippen molar-refractivity contribution in [2.45, 2.75) is 33.7 Å². The first-order valence-electron chi connectivity index (χ1n) is 10.6. The van der Waals surface area contributed by atoms with Gasteiger partial charge in [0.05, 0.1) is 6.04 Å². The molecule has 2 aromatic heterocycles. The minimum atomic E-state index is -0.179. The number of fused-ring (bicyclic) bond motifs is 1. The molecule has 160 valence electrons. The lowest BCUT2D eigenvalue weighted by molar-refractivity contribution is 0.0831. The van der Waals surface area contributed by atoms with E-state index in [0.29, 0.717) is 12.3 Å². The molecule has 0 saturated carbocycles. The number of carbonyl (C=O) groups excluding carboxylic acids is 1. The highest BCUT2D eigenvalue weighted by atomic mass is 16.3. The highest BCUT2D eigenvalue weighted by Gasteiger charge is 2.28. The average molecular weight is 410 g/mol. The summed E-state index contributed by atoms with van der Waals surface area (Å²) in [5.41, 5.74) is 4.00. The SMILES string of the molecule is Cc1ccc([C@H](CNC(=O)c2oc3cc(C)c(C)cc3c2C)N2CCN(C)CC2)o1. The number of rotatable bonds is 5. The van der Waals surface area contributed by atoms with Crippen molar-refractivity contribution in [3.63, 3.8) is 0 Å². The van der Waals surface area contributed by atoms with Gasteiger partial charge >= 0.3 is 0 Å². The van der Waals surface area contributed by atoms with Gasteiger partial charge in [-0.3, -0.25) is 9.69 Å². The van der Waals surface area contributed by atoms with Gasteiger partial charge in [0, 0.05) is 43.7 Å². The number of aryl methyl sites for hydroxylation is 4. The summed E-state index contributed by atoms with van der Waals surface area (Å²) in [6.07, 6.45) is 0. The maximum absolute atomic E-state index is 13.0. The summed E-state index contributed by atoms with van der Waals surface area (Å²) in [4.78, 5) is 17.7. The van der Waals surface area contributed by atoms with Crippen LogP contribution in [0.2, 0.25) is 0 Å². The van der Waals surface area contributed by atoms with E-state index < -0.39 is 0 Å². The van der Waals surface area contributed by atoms with Gasteiger partial charge in [-0.25, -0.2) is 0 Å². The summed E-state index contributed by atoms with van der Waals surface area (Å²) in [5, 5.41) is 4.10. The molecule has 3 heterocycles. The van der Waals surface area contributed by atoms with Crippen LogP contribution in [0.25, 0.3) is 11.0 Å². The number of nitrogens with one attached hydrogen (secondary N) is 1. The minimum absolute atomic E-state index is 0.00511. The molecule has 0 bridgehead atoms. The van der Waals surface area contributed by atoms with Crippen molar-refractivity contribution in [2.75, 3.05) is 39.8 Å². The molecule has 0 aliphatic carbocycles. The van der Waals surface area contributed by atoms with Crippen LogP contribution in [0.1, 0.15) is 44.8 Å². The van der Waals surface area contributed by atoms with Crippen LogP contribution in [0.5, 0.6) is 0 Å². The van der Waals surface area contributed by atoms with Gasteiger partial charge in [-0.1, -0.05) is 0 Å². The number of likely N-dealkylation sites (N-methyl/N-ethyl adjacent to an activating group) is 1. The van der Waals surface area contributed by atoms with Gasteiger partial charge in [0.15, 0.2) is 5.76 Å². The molecule has 1 aromatic carbocycles. The second-order valence-corrected chi connectivity index (χ2v) is 8.50. The summed E-state index contributed by atoms with van der Waals surface area (Å²) in [7, 11) is 2.14. The molecule has 1 atom stereocenters. The molecule has 1 saturated heterocycles. The molecular formula is C24H31N3O3. The zero-order chi connectivity index (χ0) is 21.4. The molecule has 1 aliphatic heterocycles. The van der Waals surface area contributed by atoms with Crippen LogP contribution >= 0.6 is 0 Å². The lowest BCUT2D eigenvalue weighted by Gasteiger charge is -2.37. The van der Waals surface area contributed by atoms with Crippen LogP contribution in [-0.4, -0.2) is 55.5 Å². The van der Waals surface area contributed by atoms with E-state index >= 15 is 0 Å². The topological polar surface area (TPSA) is 61.9 Å². The summed E-state index contributed by atoms with van der Waals surface area (Å²) in [5.74, 6) is 1.99. The third-order valence-corrected chi connectivity index (χ3v) is 6.28.